The Labute approximate surface area is 120 Å². The first-order valence-corrected chi connectivity index (χ1v) is 8.68. The Bertz CT molecular complexity index is 250. The summed E-state index contributed by atoms with van der Waals surface area (Å²) in [5, 5.41) is 2.56. The van der Waals surface area contributed by atoms with Gasteiger partial charge < -0.3 is 19.5 Å². The minimum Gasteiger partial charge on any atom is -0.361 e. The van der Waals surface area contributed by atoms with Crippen LogP contribution in [-0.4, -0.2) is 20.8 Å². The molecule has 0 aliphatic carbocycles. The van der Waals surface area contributed by atoms with Gasteiger partial charge >= 0.3 is 7.82 Å². The number of unbranched alkanes of at least 4 members (excludes halogenated alkanes) is 5. The van der Waals surface area contributed by atoms with E-state index >= 15 is 0 Å². The molecule has 122 valence electrons. The molecule has 1 unspecified atom stereocenters. The highest BCUT2D eigenvalue weighted by Crippen LogP contribution is 2.25. The summed E-state index contributed by atoms with van der Waals surface area (Å²) in [5.41, 5.74) is 0. The van der Waals surface area contributed by atoms with Crippen molar-refractivity contribution in [3.63, 3.8) is 0 Å². The second kappa shape index (κ2) is 14.9. The molecule has 0 heterocycles. The van der Waals surface area contributed by atoms with Crippen molar-refractivity contribution in [1.29, 1.82) is 0 Å². The lowest BCUT2D eigenvalue weighted by Gasteiger charge is -2.12. The fourth-order valence-electron chi connectivity index (χ4n) is 1.73. The smallest absolute Gasteiger partial charge is 0.361 e. The quantitative estimate of drug-likeness (QED) is 0.232. The maximum Gasteiger partial charge on any atom is 0.466 e. The molecule has 0 spiro atoms. The zero-order chi connectivity index (χ0) is 15.9. The van der Waals surface area contributed by atoms with Crippen LogP contribution in [0.5, 0.6) is 0 Å². The van der Waals surface area contributed by atoms with Crippen LogP contribution in [0.25, 0.3) is 0 Å². The molecule has 8 heteroatoms. The molecule has 0 saturated heterocycles. The molecular weight excluding hydrogens is 285 g/mol. The number of rotatable bonds is 11. The highest BCUT2D eigenvalue weighted by molar-refractivity contribution is 7.45. The molecule has 0 aliphatic heterocycles. The fraction of sp³-hybridized carbons (Fsp3) is 1.00. The molecule has 0 radical (unpaired) electrons. The predicted molar refractivity (Wildman–Crippen MR) is 77.8 cm³/mol. The van der Waals surface area contributed by atoms with E-state index in [0.717, 1.165) is 25.7 Å². The maximum atomic E-state index is 10.1. The largest absolute Gasteiger partial charge is 0.466 e. The minimum absolute atomic E-state index is 0.0610. The topological polar surface area (TPSA) is 116 Å². The van der Waals surface area contributed by atoms with Gasteiger partial charge in [-0.1, -0.05) is 46.0 Å². The second-order valence-corrected chi connectivity index (χ2v) is 5.69. The number of phosphoric acid groups is 1. The summed E-state index contributed by atoms with van der Waals surface area (Å²) < 4.78 is 8.88. The van der Waals surface area contributed by atoms with E-state index in [0.29, 0.717) is 0 Å². The van der Waals surface area contributed by atoms with Gasteiger partial charge in [-0.05, 0) is 25.7 Å². The Balaban J connectivity index is 0. The minimum atomic E-state index is -4.64. The lowest BCUT2D eigenvalue weighted by Crippen LogP contribution is -2.09. The van der Waals surface area contributed by atoms with Crippen molar-refractivity contribution in [3.05, 3.63) is 4.91 Å². The third-order valence-corrected chi connectivity index (χ3v) is 2.70. The summed E-state index contributed by atoms with van der Waals surface area (Å²) in [6.45, 7) is 4.37. The van der Waals surface area contributed by atoms with Gasteiger partial charge in [0.2, 0.25) is 0 Å². The average Bonchev–Trinajstić information content (AvgIpc) is 2.33. The van der Waals surface area contributed by atoms with Crippen molar-refractivity contribution in [2.24, 2.45) is 5.34 Å². The van der Waals surface area contributed by atoms with Crippen molar-refractivity contribution in [1.82, 2.24) is 0 Å². The number of hydrogen-bond donors (Lipinski definition) is 3. The third kappa shape index (κ3) is 26.1. The molecule has 0 aromatic rings. The van der Waals surface area contributed by atoms with Crippen molar-refractivity contribution >= 4 is 7.82 Å². The van der Waals surface area contributed by atoms with Crippen molar-refractivity contribution < 1.29 is 24.1 Å². The first-order chi connectivity index (χ1) is 9.35. The van der Waals surface area contributed by atoms with E-state index in [2.05, 4.69) is 19.2 Å². The summed E-state index contributed by atoms with van der Waals surface area (Å²) >= 11 is 0. The van der Waals surface area contributed by atoms with Crippen LogP contribution >= 0.6 is 7.82 Å². The third-order valence-electron chi connectivity index (χ3n) is 2.70. The number of hydrogen-bond acceptors (Lipinski definition) is 4. The SMILES string of the molecule is CCCCCCC(CCCCC)ON=O.O=P(O)(O)O. The molecule has 0 aromatic carbocycles. The van der Waals surface area contributed by atoms with Gasteiger partial charge in [0.25, 0.3) is 0 Å². The van der Waals surface area contributed by atoms with E-state index in [1.54, 1.807) is 0 Å². The average molecular weight is 313 g/mol. The summed E-state index contributed by atoms with van der Waals surface area (Å²) in [4.78, 5) is 36.5. The lowest BCUT2D eigenvalue weighted by molar-refractivity contribution is 0.0397. The van der Waals surface area contributed by atoms with Crippen LogP contribution in [0.2, 0.25) is 0 Å². The van der Waals surface area contributed by atoms with Crippen LogP contribution in [0.3, 0.4) is 0 Å². The molecule has 0 amide bonds. The monoisotopic (exact) mass is 313 g/mol. The van der Waals surface area contributed by atoms with Crippen LogP contribution < -0.4 is 0 Å². The van der Waals surface area contributed by atoms with E-state index < -0.39 is 7.82 Å². The maximum absolute atomic E-state index is 10.1. The standard InChI is InChI=1S/C12H25NO2.H3O4P/c1-3-5-7-9-11-12(15-13-14)10-8-6-4-2;1-5(2,3)4/h12H,3-11H2,1-2H3;(H3,1,2,3,4). The van der Waals surface area contributed by atoms with E-state index in [1.165, 1.54) is 32.1 Å². The molecule has 7 nitrogen and oxygen atoms in total. The summed E-state index contributed by atoms with van der Waals surface area (Å²) in [5.74, 6) is 0. The Morgan fingerprint density at radius 2 is 1.35 bits per heavy atom. The molecule has 3 N–H and O–H groups in total. The van der Waals surface area contributed by atoms with Crippen LogP contribution in [0.1, 0.15) is 71.6 Å². The Hall–Kier alpha value is -0.490. The second-order valence-electron chi connectivity index (χ2n) is 4.66. The van der Waals surface area contributed by atoms with Gasteiger partial charge in [0.1, 0.15) is 6.10 Å². The van der Waals surface area contributed by atoms with Gasteiger partial charge in [0.05, 0.1) is 0 Å². The van der Waals surface area contributed by atoms with E-state index in [1.807, 2.05) is 0 Å². The Morgan fingerprint density at radius 3 is 1.75 bits per heavy atom. The summed E-state index contributed by atoms with van der Waals surface area (Å²) in [7, 11) is -4.64. The van der Waals surface area contributed by atoms with Gasteiger partial charge in [-0.25, -0.2) is 4.57 Å². The van der Waals surface area contributed by atoms with Crippen LogP contribution in [0.4, 0.5) is 0 Å². The van der Waals surface area contributed by atoms with Crippen LogP contribution in [0.15, 0.2) is 5.34 Å². The van der Waals surface area contributed by atoms with Crippen molar-refractivity contribution in [2.45, 2.75) is 77.7 Å². The molecule has 0 bridgehead atoms. The molecule has 0 rings (SSSR count). The van der Waals surface area contributed by atoms with E-state index in [9.17, 15) is 4.91 Å². The molecule has 0 saturated carbocycles. The van der Waals surface area contributed by atoms with E-state index in [4.69, 9.17) is 24.1 Å². The van der Waals surface area contributed by atoms with Crippen LogP contribution in [0, 0.1) is 4.91 Å². The molecule has 0 fully saturated rings. The lowest BCUT2D eigenvalue weighted by atomic mass is 10.0. The highest BCUT2D eigenvalue weighted by Gasteiger charge is 2.09. The fourth-order valence-corrected chi connectivity index (χ4v) is 1.73. The summed E-state index contributed by atoms with van der Waals surface area (Å²) in [6.07, 6.45) is 10.5. The predicted octanol–water partition coefficient (Wildman–Crippen LogP) is 3.68. The molecule has 20 heavy (non-hydrogen) atoms. The normalized spacial score (nSPS) is 12.2. The first-order valence-electron chi connectivity index (χ1n) is 7.11. The van der Waals surface area contributed by atoms with Crippen molar-refractivity contribution in [3.8, 4) is 0 Å². The number of nitrogens with zero attached hydrogens (tertiary/aromatic N) is 1. The molecule has 0 aromatic heterocycles. The van der Waals surface area contributed by atoms with Gasteiger partial charge in [0, 0.05) is 0 Å². The Morgan fingerprint density at radius 1 is 0.950 bits per heavy atom. The van der Waals surface area contributed by atoms with Crippen LogP contribution in [-0.2, 0) is 9.40 Å². The molecule has 1 atom stereocenters. The first kappa shape index (κ1) is 21.8. The zero-order valence-corrected chi connectivity index (χ0v) is 13.3. The van der Waals surface area contributed by atoms with Gasteiger partial charge in [0.15, 0.2) is 5.34 Å². The van der Waals surface area contributed by atoms with Gasteiger partial charge in [-0.3, -0.25) is 0 Å². The summed E-state index contributed by atoms with van der Waals surface area (Å²) in [6, 6.07) is 0. The molecule has 0 aliphatic rings. The van der Waals surface area contributed by atoms with Gasteiger partial charge in [-0.2, -0.15) is 0 Å². The van der Waals surface area contributed by atoms with Gasteiger partial charge in [-0.15, -0.1) is 4.91 Å². The van der Waals surface area contributed by atoms with Crippen molar-refractivity contribution in [2.75, 3.05) is 0 Å². The highest BCUT2D eigenvalue weighted by atomic mass is 31.2. The zero-order valence-electron chi connectivity index (χ0n) is 12.4. The molecular formula is C12H28NO6P. The van der Waals surface area contributed by atoms with E-state index in [-0.39, 0.29) is 6.10 Å². The Kier molecular flexibility index (Phi) is 16.3.